The van der Waals surface area contributed by atoms with Crippen molar-refractivity contribution in [2.45, 2.75) is 13.1 Å². The van der Waals surface area contributed by atoms with E-state index < -0.39 is 9.04 Å². The van der Waals surface area contributed by atoms with E-state index in [0.29, 0.717) is 5.75 Å². The van der Waals surface area contributed by atoms with Gasteiger partial charge in [-0.2, -0.15) is 0 Å². The Hall–Kier alpha value is -1.03. The molecule has 0 aliphatic rings. The third-order valence-corrected chi connectivity index (χ3v) is 2.08. The van der Waals surface area contributed by atoms with Crippen LogP contribution in [0.4, 0.5) is 4.39 Å². The van der Waals surface area contributed by atoms with E-state index in [1.807, 2.05) is 13.1 Å². The Balaban J connectivity index is 2.90. The van der Waals surface area contributed by atoms with Crippen molar-refractivity contribution in [1.29, 1.82) is 0 Å². The average Bonchev–Trinajstić information content (AvgIpc) is 2.08. The number of hydrogen-bond donors (Lipinski definition) is 0. The highest BCUT2D eigenvalue weighted by Gasteiger charge is 2.07. The van der Waals surface area contributed by atoms with Gasteiger partial charge in [0.15, 0.2) is 5.82 Å². The lowest BCUT2D eigenvalue weighted by molar-refractivity contribution is 0.409. The smallest absolute Gasteiger partial charge is 0.274 e. The molecule has 0 atom stereocenters. The molecule has 0 aliphatic heterocycles. The molecule has 13 heavy (non-hydrogen) atoms. The molecule has 0 spiro atoms. The van der Waals surface area contributed by atoms with Crippen molar-refractivity contribution in [2.75, 3.05) is 7.11 Å². The molecule has 1 rings (SSSR count). The summed E-state index contributed by atoms with van der Waals surface area (Å²) in [6.07, 6.45) is 0. The minimum absolute atomic E-state index is 0.276. The molecule has 0 aliphatic carbocycles. The molecule has 0 saturated heterocycles. The molecule has 71 valence electrons. The molecule has 0 bridgehead atoms. The maximum Gasteiger partial charge on any atom is 0.274 e. The maximum absolute atomic E-state index is 13.1. The van der Waals surface area contributed by atoms with Crippen LogP contribution in [0.2, 0.25) is 13.1 Å². The molecule has 1 aromatic carbocycles. The number of hydrogen-bond acceptors (Lipinski definition) is 2. The fraction of sp³-hybridized carbons (Fsp3) is 0.333. The van der Waals surface area contributed by atoms with Gasteiger partial charge >= 0.3 is 0 Å². The molecule has 0 unspecified atom stereocenters. The molecule has 0 aromatic heterocycles. The first-order valence-corrected chi connectivity index (χ1v) is 6.36. The highest BCUT2D eigenvalue weighted by atomic mass is 28.3. The molecule has 4 heteroatoms. The summed E-state index contributed by atoms with van der Waals surface area (Å²) in [7, 11) is 0.613. The van der Waals surface area contributed by atoms with Crippen LogP contribution in [-0.4, -0.2) is 16.2 Å². The molecule has 1 aromatic rings. The van der Waals surface area contributed by atoms with E-state index in [-0.39, 0.29) is 11.6 Å². The van der Waals surface area contributed by atoms with Gasteiger partial charge in [0.1, 0.15) is 11.5 Å². The fourth-order valence-corrected chi connectivity index (χ4v) is 1.51. The third kappa shape index (κ3) is 2.73. The summed E-state index contributed by atoms with van der Waals surface area (Å²) < 4.78 is 23.4. The zero-order valence-corrected chi connectivity index (χ0v) is 8.93. The van der Waals surface area contributed by atoms with Crippen molar-refractivity contribution in [3.8, 4) is 11.5 Å². The van der Waals surface area contributed by atoms with Gasteiger partial charge in [0.2, 0.25) is 0 Å². The molecular formula is C9H12FO2Si. The van der Waals surface area contributed by atoms with E-state index in [1.54, 1.807) is 19.2 Å². The number of benzene rings is 1. The molecule has 0 N–H and O–H groups in total. The highest BCUT2D eigenvalue weighted by molar-refractivity contribution is 6.49. The monoisotopic (exact) mass is 199 g/mol. The van der Waals surface area contributed by atoms with Crippen LogP contribution in [0.15, 0.2) is 18.2 Å². The second-order valence-corrected chi connectivity index (χ2v) is 4.83. The first-order chi connectivity index (χ1) is 6.13. The van der Waals surface area contributed by atoms with E-state index in [4.69, 9.17) is 9.16 Å². The Morgan fingerprint density at radius 2 is 2.00 bits per heavy atom. The quantitative estimate of drug-likeness (QED) is 0.696. The summed E-state index contributed by atoms with van der Waals surface area (Å²) in [6.45, 7) is 3.90. The summed E-state index contributed by atoms with van der Waals surface area (Å²) in [5, 5.41) is 0. The lowest BCUT2D eigenvalue weighted by atomic mass is 10.3. The second kappa shape index (κ2) is 4.27. The first kappa shape index (κ1) is 10.1. The van der Waals surface area contributed by atoms with E-state index in [0.717, 1.165) is 0 Å². The van der Waals surface area contributed by atoms with Gasteiger partial charge in [0.25, 0.3) is 9.04 Å². The lowest BCUT2D eigenvalue weighted by Crippen LogP contribution is -2.12. The highest BCUT2D eigenvalue weighted by Crippen LogP contribution is 2.23. The van der Waals surface area contributed by atoms with Crippen molar-refractivity contribution in [3.63, 3.8) is 0 Å². The number of methoxy groups -OCH3 is 1. The Bertz CT molecular complexity index is 289. The molecule has 0 saturated carbocycles. The molecule has 0 heterocycles. The Kier molecular flexibility index (Phi) is 3.30. The van der Waals surface area contributed by atoms with Gasteiger partial charge in [0, 0.05) is 6.07 Å². The molecule has 2 nitrogen and oxygen atoms in total. The SMILES string of the molecule is COc1ccc(F)c(O[Si](C)C)c1. The van der Waals surface area contributed by atoms with Crippen LogP contribution in [0, 0.1) is 5.82 Å². The minimum atomic E-state index is -0.929. The number of halogens is 1. The Morgan fingerprint density at radius 3 is 2.54 bits per heavy atom. The van der Waals surface area contributed by atoms with E-state index in [1.165, 1.54) is 6.07 Å². The third-order valence-electron chi connectivity index (χ3n) is 1.45. The topological polar surface area (TPSA) is 18.5 Å². The summed E-state index contributed by atoms with van der Waals surface area (Å²) in [4.78, 5) is 0. The minimum Gasteiger partial charge on any atom is -0.541 e. The van der Waals surface area contributed by atoms with Crippen LogP contribution >= 0.6 is 0 Å². The van der Waals surface area contributed by atoms with Crippen LogP contribution in [0.1, 0.15) is 0 Å². The van der Waals surface area contributed by atoms with Crippen LogP contribution < -0.4 is 9.16 Å². The van der Waals surface area contributed by atoms with Crippen LogP contribution in [0.5, 0.6) is 11.5 Å². The Labute approximate surface area is 79.0 Å². The summed E-state index contributed by atoms with van der Waals surface area (Å²) in [5.74, 6) is 0.546. The summed E-state index contributed by atoms with van der Waals surface area (Å²) >= 11 is 0. The van der Waals surface area contributed by atoms with Crippen molar-refractivity contribution in [3.05, 3.63) is 24.0 Å². The molecular weight excluding hydrogens is 187 g/mol. The summed E-state index contributed by atoms with van der Waals surface area (Å²) in [5.41, 5.74) is 0. The van der Waals surface area contributed by atoms with E-state index in [2.05, 4.69) is 0 Å². The normalized spacial score (nSPS) is 10.2. The van der Waals surface area contributed by atoms with Gasteiger partial charge in [-0.05, 0) is 25.2 Å². The zero-order chi connectivity index (χ0) is 9.84. The van der Waals surface area contributed by atoms with E-state index in [9.17, 15) is 4.39 Å². The predicted molar refractivity (Wildman–Crippen MR) is 51.1 cm³/mol. The second-order valence-electron chi connectivity index (χ2n) is 2.81. The van der Waals surface area contributed by atoms with Gasteiger partial charge in [-0.3, -0.25) is 0 Å². The molecule has 0 fully saturated rings. The average molecular weight is 199 g/mol. The lowest BCUT2D eigenvalue weighted by Gasteiger charge is -2.10. The van der Waals surface area contributed by atoms with Crippen molar-refractivity contribution in [2.24, 2.45) is 0 Å². The summed E-state index contributed by atoms with van der Waals surface area (Å²) in [6, 6.07) is 4.48. The van der Waals surface area contributed by atoms with Gasteiger partial charge in [-0.15, -0.1) is 0 Å². The van der Waals surface area contributed by atoms with Gasteiger partial charge < -0.3 is 9.16 Å². The number of ether oxygens (including phenoxy) is 1. The van der Waals surface area contributed by atoms with Crippen LogP contribution in [-0.2, 0) is 0 Å². The van der Waals surface area contributed by atoms with E-state index >= 15 is 0 Å². The van der Waals surface area contributed by atoms with Gasteiger partial charge in [0.05, 0.1) is 7.11 Å². The zero-order valence-electron chi connectivity index (χ0n) is 7.93. The van der Waals surface area contributed by atoms with Crippen LogP contribution in [0.25, 0.3) is 0 Å². The standard InChI is InChI=1S/C9H12FO2Si/c1-11-7-4-5-8(10)9(6-7)12-13(2)3/h4-6H,1-3H3. The molecule has 0 amide bonds. The number of rotatable bonds is 3. The first-order valence-electron chi connectivity index (χ1n) is 3.95. The van der Waals surface area contributed by atoms with Crippen molar-refractivity contribution >= 4 is 9.04 Å². The van der Waals surface area contributed by atoms with Gasteiger partial charge in [-0.25, -0.2) is 4.39 Å². The predicted octanol–water partition coefficient (Wildman–Crippen LogP) is 2.46. The largest absolute Gasteiger partial charge is 0.541 e. The van der Waals surface area contributed by atoms with Gasteiger partial charge in [-0.1, -0.05) is 0 Å². The Morgan fingerprint density at radius 1 is 1.31 bits per heavy atom. The van der Waals surface area contributed by atoms with Crippen molar-refractivity contribution in [1.82, 2.24) is 0 Å². The van der Waals surface area contributed by atoms with Crippen LogP contribution in [0.3, 0.4) is 0 Å². The maximum atomic E-state index is 13.1. The molecule has 1 radical (unpaired) electrons. The van der Waals surface area contributed by atoms with Crippen molar-refractivity contribution < 1.29 is 13.6 Å². The fourth-order valence-electron chi connectivity index (χ4n) is 0.909.